The third-order valence-corrected chi connectivity index (χ3v) is 6.18. The summed E-state index contributed by atoms with van der Waals surface area (Å²) in [6, 6.07) is 14.3. The molecule has 1 aromatic heterocycles. The Kier molecular flexibility index (Phi) is 6.12. The zero-order chi connectivity index (χ0) is 21.0. The number of carbonyl (C=O) groups is 1. The second-order valence-corrected chi connectivity index (χ2v) is 8.98. The molecule has 0 spiro atoms. The molecule has 1 N–H and O–H groups in total. The molecule has 7 nitrogen and oxygen atoms in total. The lowest BCUT2D eigenvalue weighted by atomic mass is 10.0. The van der Waals surface area contributed by atoms with E-state index in [9.17, 15) is 13.2 Å². The first kappa shape index (κ1) is 20.7. The van der Waals surface area contributed by atoms with Crippen LogP contribution in [0.3, 0.4) is 0 Å². The molecule has 0 radical (unpaired) electrons. The third-order valence-electron chi connectivity index (χ3n) is 4.72. The maximum absolute atomic E-state index is 12.8. The summed E-state index contributed by atoms with van der Waals surface area (Å²) in [6.07, 6.45) is 0.380. The van der Waals surface area contributed by atoms with Crippen LogP contribution < -0.4 is 5.32 Å². The van der Waals surface area contributed by atoms with Gasteiger partial charge in [0.05, 0.1) is 5.75 Å². The Morgan fingerprint density at radius 1 is 1.07 bits per heavy atom. The van der Waals surface area contributed by atoms with Gasteiger partial charge in [-0.3, -0.25) is 4.79 Å². The number of aromatic nitrogens is 2. The predicted octanol–water partition coefficient (Wildman–Crippen LogP) is 3.19. The van der Waals surface area contributed by atoms with Gasteiger partial charge in [-0.1, -0.05) is 48.4 Å². The van der Waals surface area contributed by atoms with Gasteiger partial charge in [0.25, 0.3) is 5.91 Å². The lowest BCUT2D eigenvalue weighted by Crippen LogP contribution is -2.30. The van der Waals surface area contributed by atoms with Gasteiger partial charge >= 0.3 is 5.22 Å². The van der Waals surface area contributed by atoms with Crippen LogP contribution >= 0.6 is 0 Å². The molecule has 0 aliphatic heterocycles. The van der Waals surface area contributed by atoms with Crippen molar-refractivity contribution in [1.82, 2.24) is 15.5 Å². The van der Waals surface area contributed by atoms with Gasteiger partial charge in [-0.25, -0.2) is 8.42 Å². The predicted molar refractivity (Wildman–Crippen MR) is 108 cm³/mol. The number of carbonyl (C=O) groups excluding carboxylic acids is 1. The Labute approximate surface area is 170 Å². The lowest BCUT2D eigenvalue weighted by Gasteiger charge is -2.16. The highest BCUT2D eigenvalue weighted by Gasteiger charge is 2.26. The average molecular weight is 413 g/mol. The number of rotatable bonds is 7. The van der Waals surface area contributed by atoms with Crippen molar-refractivity contribution >= 4 is 15.7 Å². The molecule has 8 heteroatoms. The van der Waals surface area contributed by atoms with E-state index in [1.807, 2.05) is 56.3 Å². The molecule has 3 aromatic rings. The normalized spacial score (nSPS) is 12.5. The van der Waals surface area contributed by atoms with Gasteiger partial charge in [0.2, 0.25) is 15.7 Å². The summed E-state index contributed by atoms with van der Waals surface area (Å²) < 4.78 is 29.5. The van der Waals surface area contributed by atoms with Crippen molar-refractivity contribution in [3.63, 3.8) is 0 Å². The number of benzene rings is 2. The first-order valence-electron chi connectivity index (χ1n) is 9.28. The molecule has 152 valence electrons. The summed E-state index contributed by atoms with van der Waals surface area (Å²) in [7, 11) is -3.63. The largest absolute Gasteiger partial charge is 0.410 e. The van der Waals surface area contributed by atoms with Crippen LogP contribution in [0.5, 0.6) is 0 Å². The van der Waals surface area contributed by atoms with Gasteiger partial charge in [0.1, 0.15) is 6.04 Å². The van der Waals surface area contributed by atoms with Crippen molar-refractivity contribution in [3.8, 4) is 0 Å². The minimum atomic E-state index is -3.63. The summed E-state index contributed by atoms with van der Waals surface area (Å²) in [5.74, 6) is -0.391. The van der Waals surface area contributed by atoms with Crippen LogP contribution in [-0.2, 0) is 16.3 Å². The van der Waals surface area contributed by atoms with Crippen molar-refractivity contribution in [1.29, 1.82) is 0 Å². The number of nitrogens with zero attached hydrogens (tertiary/aromatic N) is 2. The fourth-order valence-electron chi connectivity index (χ4n) is 2.78. The van der Waals surface area contributed by atoms with Gasteiger partial charge in [-0.15, -0.1) is 5.10 Å². The van der Waals surface area contributed by atoms with Gasteiger partial charge in [-0.05, 0) is 42.7 Å². The molecule has 0 fully saturated rings. The first-order chi connectivity index (χ1) is 13.8. The Balaban J connectivity index is 1.91. The van der Waals surface area contributed by atoms with E-state index in [0.717, 1.165) is 16.7 Å². The molecular weight excluding hydrogens is 390 g/mol. The number of aryl methyl sites for hydroxylation is 2. The molecular formula is C21H23N3O4S. The van der Waals surface area contributed by atoms with Crippen LogP contribution in [0, 0.1) is 13.8 Å². The van der Waals surface area contributed by atoms with E-state index < -0.39 is 21.1 Å². The maximum atomic E-state index is 12.8. The van der Waals surface area contributed by atoms with Crippen LogP contribution in [0.1, 0.15) is 45.9 Å². The first-order valence-corrected chi connectivity index (χ1v) is 10.9. The van der Waals surface area contributed by atoms with Crippen LogP contribution in [0.25, 0.3) is 0 Å². The number of hydrogen-bond donors (Lipinski definition) is 1. The van der Waals surface area contributed by atoms with Gasteiger partial charge in [0.15, 0.2) is 0 Å². The highest BCUT2D eigenvalue weighted by molar-refractivity contribution is 7.91. The van der Waals surface area contributed by atoms with E-state index in [-0.39, 0.29) is 17.6 Å². The molecule has 3 rings (SSSR count). The Morgan fingerprint density at radius 3 is 2.45 bits per heavy atom. The van der Waals surface area contributed by atoms with E-state index in [1.165, 1.54) is 6.92 Å². The van der Waals surface area contributed by atoms with Gasteiger partial charge < -0.3 is 9.73 Å². The number of amides is 1. The minimum Gasteiger partial charge on any atom is -0.410 e. The molecule has 0 aliphatic carbocycles. The molecule has 29 heavy (non-hydrogen) atoms. The van der Waals surface area contributed by atoms with E-state index in [2.05, 4.69) is 15.5 Å². The van der Waals surface area contributed by atoms with Crippen LogP contribution in [-0.4, -0.2) is 30.3 Å². The lowest BCUT2D eigenvalue weighted by molar-refractivity contribution is 0.0929. The maximum Gasteiger partial charge on any atom is 0.335 e. The molecule has 1 amide bonds. The third kappa shape index (κ3) is 4.89. The number of sulfone groups is 1. The van der Waals surface area contributed by atoms with Crippen LogP contribution in [0.4, 0.5) is 0 Å². The second-order valence-electron chi connectivity index (χ2n) is 6.82. The zero-order valence-corrected chi connectivity index (χ0v) is 17.4. The Hall–Kier alpha value is -3.00. The van der Waals surface area contributed by atoms with E-state index in [4.69, 9.17) is 4.42 Å². The summed E-state index contributed by atoms with van der Waals surface area (Å²) in [5.41, 5.74) is 3.54. The van der Waals surface area contributed by atoms with E-state index in [1.54, 1.807) is 6.07 Å². The topological polar surface area (TPSA) is 102 Å². The van der Waals surface area contributed by atoms with Gasteiger partial charge in [-0.2, -0.15) is 0 Å². The SMILES string of the molecule is CCS(=O)(=O)c1nnc([C@H](Cc2ccccc2)NC(=O)c2ccc(C)c(C)c2)o1. The van der Waals surface area contributed by atoms with E-state index in [0.29, 0.717) is 12.0 Å². The van der Waals surface area contributed by atoms with Gasteiger partial charge in [0, 0.05) is 12.0 Å². The molecule has 1 heterocycles. The molecule has 0 saturated carbocycles. The van der Waals surface area contributed by atoms with Crippen molar-refractivity contribution in [2.45, 2.75) is 38.5 Å². The molecule has 0 bridgehead atoms. The molecule has 2 aromatic carbocycles. The smallest absolute Gasteiger partial charge is 0.335 e. The fourth-order valence-corrected chi connectivity index (χ4v) is 3.41. The fraction of sp³-hybridized carbons (Fsp3) is 0.286. The quantitative estimate of drug-likeness (QED) is 0.638. The highest BCUT2D eigenvalue weighted by Crippen LogP contribution is 2.21. The molecule has 0 saturated heterocycles. The van der Waals surface area contributed by atoms with E-state index >= 15 is 0 Å². The van der Waals surface area contributed by atoms with Crippen LogP contribution in [0.15, 0.2) is 58.2 Å². The summed E-state index contributed by atoms with van der Waals surface area (Å²) >= 11 is 0. The van der Waals surface area contributed by atoms with Crippen molar-refractivity contribution in [2.24, 2.45) is 0 Å². The summed E-state index contributed by atoms with van der Waals surface area (Å²) in [4.78, 5) is 12.8. The minimum absolute atomic E-state index is 0.0538. The van der Waals surface area contributed by atoms with Crippen molar-refractivity contribution < 1.29 is 17.6 Å². The average Bonchev–Trinajstić information content (AvgIpc) is 3.21. The molecule has 1 atom stereocenters. The standard InChI is InChI=1S/C21H23N3O4S/c1-4-29(26,27)21-24-23-20(28-21)18(13-16-8-6-5-7-9-16)22-19(25)17-11-10-14(2)15(3)12-17/h5-12,18H,4,13H2,1-3H3,(H,22,25)/t18-/m0/s1. The van der Waals surface area contributed by atoms with Crippen molar-refractivity contribution in [2.75, 3.05) is 5.75 Å². The van der Waals surface area contributed by atoms with Crippen LogP contribution in [0.2, 0.25) is 0 Å². The number of hydrogen-bond acceptors (Lipinski definition) is 6. The van der Waals surface area contributed by atoms with Crippen molar-refractivity contribution in [3.05, 3.63) is 76.7 Å². The molecule has 0 unspecified atom stereocenters. The zero-order valence-electron chi connectivity index (χ0n) is 16.5. The monoisotopic (exact) mass is 413 g/mol. The Bertz CT molecular complexity index is 1110. The number of nitrogens with one attached hydrogen (secondary N) is 1. The highest BCUT2D eigenvalue weighted by atomic mass is 32.2. The summed E-state index contributed by atoms with van der Waals surface area (Å²) in [5, 5.41) is 10.0. The Morgan fingerprint density at radius 2 is 1.79 bits per heavy atom. The second kappa shape index (κ2) is 8.57. The summed E-state index contributed by atoms with van der Waals surface area (Å²) in [6.45, 7) is 5.42. The molecule has 0 aliphatic rings.